The number of hydrogen-bond acceptors (Lipinski definition) is 4. The molecule has 1 aliphatic rings. The Balaban J connectivity index is 1.74. The Morgan fingerprint density at radius 1 is 1.25 bits per heavy atom. The van der Waals surface area contributed by atoms with Crippen molar-refractivity contribution in [3.05, 3.63) is 64.7 Å². The van der Waals surface area contributed by atoms with Gasteiger partial charge in [-0.3, -0.25) is 9.80 Å². The standard InChI is InChI=1S/C23H25ClF3N3OS/c1-22(11-4-12-32-2)15-30(29-21(22)16-7-9-18(24)10-8-16)14-20(31)28-19-6-3-5-17(13-19)23(25,26)27/h3,5-10,13H,4,11-12,14-15H2,1-2H3,(H,28,31). The summed E-state index contributed by atoms with van der Waals surface area (Å²) >= 11 is 7.81. The smallest absolute Gasteiger partial charge is 0.324 e. The first kappa shape index (κ1) is 24.5. The largest absolute Gasteiger partial charge is 0.416 e. The van der Waals surface area contributed by atoms with Gasteiger partial charge in [-0.25, -0.2) is 0 Å². The van der Waals surface area contributed by atoms with E-state index in [2.05, 4.69) is 18.5 Å². The molecule has 0 spiro atoms. The minimum absolute atomic E-state index is 0.0501. The summed E-state index contributed by atoms with van der Waals surface area (Å²) in [6.07, 6.45) is -0.489. The average molecular weight is 484 g/mol. The molecule has 1 N–H and O–H groups in total. The Morgan fingerprint density at radius 2 is 1.97 bits per heavy atom. The zero-order valence-electron chi connectivity index (χ0n) is 17.9. The molecule has 3 rings (SSSR count). The molecular formula is C23H25ClF3N3OS. The first-order valence-corrected chi connectivity index (χ1v) is 11.9. The highest BCUT2D eigenvalue weighted by molar-refractivity contribution is 7.98. The minimum atomic E-state index is -4.47. The second-order valence-corrected chi connectivity index (χ2v) is 9.48. The van der Waals surface area contributed by atoms with Gasteiger partial charge < -0.3 is 5.32 Å². The highest BCUT2D eigenvalue weighted by atomic mass is 35.5. The van der Waals surface area contributed by atoms with Crippen molar-refractivity contribution in [1.29, 1.82) is 0 Å². The van der Waals surface area contributed by atoms with Crippen molar-refractivity contribution in [3.8, 4) is 0 Å². The molecule has 0 saturated carbocycles. The van der Waals surface area contributed by atoms with E-state index in [1.54, 1.807) is 16.8 Å². The number of benzene rings is 2. The van der Waals surface area contributed by atoms with E-state index in [-0.39, 0.29) is 17.6 Å². The molecule has 1 atom stereocenters. The van der Waals surface area contributed by atoms with Crippen molar-refractivity contribution in [2.75, 3.05) is 30.4 Å². The molecule has 0 aliphatic carbocycles. The molecule has 0 radical (unpaired) electrons. The summed E-state index contributed by atoms with van der Waals surface area (Å²) < 4.78 is 38.8. The van der Waals surface area contributed by atoms with Gasteiger partial charge in [-0.2, -0.15) is 30.0 Å². The van der Waals surface area contributed by atoms with Crippen LogP contribution in [0, 0.1) is 5.41 Å². The Labute approximate surface area is 195 Å². The fraction of sp³-hybridized carbons (Fsp3) is 0.391. The summed E-state index contributed by atoms with van der Waals surface area (Å²) in [5.41, 5.74) is 0.888. The Bertz CT molecular complexity index is 981. The molecule has 2 aromatic carbocycles. The predicted octanol–water partition coefficient (Wildman–Crippen LogP) is 6.17. The third-order valence-corrected chi connectivity index (χ3v) is 6.29. The van der Waals surface area contributed by atoms with E-state index >= 15 is 0 Å². The van der Waals surface area contributed by atoms with E-state index in [1.165, 1.54) is 12.1 Å². The number of nitrogens with zero attached hydrogens (tertiary/aromatic N) is 2. The van der Waals surface area contributed by atoms with Crippen LogP contribution in [0.3, 0.4) is 0 Å². The highest BCUT2D eigenvalue weighted by Crippen LogP contribution is 2.36. The Hall–Kier alpha value is -2.19. The zero-order valence-corrected chi connectivity index (χ0v) is 19.4. The zero-order chi connectivity index (χ0) is 23.4. The number of alkyl halides is 3. The van der Waals surface area contributed by atoms with Crippen LogP contribution in [0.25, 0.3) is 0 Å². The quantitative estimate of drug-likeness (QED) is 0.457. The molecule has 32 heavy (non-hydrogen) atoms. The molecule has 1 heterocycles. The monoisotopic (exact) mass is 483 g/mol. The summed E-state index contributed by atoms with van der Waals surface area (Å²) in [4.78, 5) is 12.6. The molecule has 0 bridgehead atoms. The number of nitrogens with one attached hydrogen (secondary N) is 1. The molecule has 0 saturated heterocycles. The average Bonchev–Trinajstić information content (AvgIpc) is 3.04. The summed E-state index contributed by atoms with van der Waals surface area (Å²) in [5, 5.41) is 9.59. The number of hydrazone groups is 1. The summed E-state index contributed by atoms with van der Waals surface area (Å²) in [5.74, 6) is 0.608. The third kappa shape index (κ3) is 6.19. The number of rotatable bonds is 8. The first-order chi connectivity index (χ1) is 15.1. The van der Waals surface area contributed by atoms with Gasteiger partial charge in [0.1, 0.15) is 6.54 Å². The summed E-state index contributed by atoms with van der Waals surface area (Å²) in [7, 11) is 0. The van der Waals surface area contributed by atoms with Gasteiger partial charge in [0.2, 0.25) is 5.91 Å². The van der Waals surface area contributed by atoms with Crippen LogP contribution in [-0.2, 0) is 11.0 Å². The van der Waals surface area contributed by atoms with E-state index in [0.29, 0.717) is 11.6 Å². The first-order valence-electron chi connectivity index (χ1n) is 10.2. The molecule has 0 fully saturated rings. The lowest BCUT2D eigenvalue weighted by Crippen LogP contribution is -2.34. The van der Waals surface area contributed by atoms with Crippen LogP contribution in [0.2, 0.25) is 5.02 Å². The highest BCUT2D eigenvalue weighted by Gasteiger charge is 2.39. The van der Waals surface area contributed by atoms with Gasteiger partial charge >= 0.3 is 6.18 Å². The SMILES string of the molecule is CSCCCC1(C)CN(CC(=O)Nc2cccc(C(F)(F)F)c2)N=C1c1ccc(Cl)cc1. The van der Waals surface area contributed by atoms with E-state index in [9.17, 15) is 18.0 Å². The molecule has 1 unspecified atom stereocenters. The fourth-order valence-electron chi connectivity index (χ4n) is 3.82. The number of thioether (sulfide) groups is 1. The van der Waals surface area contributed by atoms with Crippen molar-refractivity contribution < 1.29 is 18.0 Å². The minimum Gasteiger partial charge on any atom is -0.324 e. The van der Waals surface area contributed by atoms with E-state index in [4.69, 9.17) is 16.7 Å². The Kier molecular flexibility index (Phi) is 7.77. The van der Waals surface area contributed by atoms with Crippen LogP contribution in [0.4, 0.5) is 18.9 Å². The second-order valence-electron chi connectivity index (χ2n) is 8.06. The van der Waals surface area contributed by atoms with Gasteiger partial charge in [0, 0.05) is 22.7 Å². The molecule has 9 heteroatoms. The van der Waals surface area contributed by atoms with Crippen LogP contribution in [0.1, 0.15) is 30.9 Å². The topological polar surface area (TPSA) is 44.7 Å². The van der Waals surface area contributed by atoms with Gasteiger partial charge in [-0.15, -0.1) is 0 Å². The number of anilines is 1. The second kappa shape index (κ2) is 10.2. The maximum Gasteiger partial charge on any atom is 0.416 e. The third-order valence-electron chi connectivity index (χ3n) is 5.34. The number of amides is 1. The van der Waals surface area contributed by atoms with Crippen LogP contribution in [0.15, 0.2) is 53.6 Å². The number of hydrogen-bond donors (Lipinski definition) is 1. The van der Waals surface area contributed by atoms with Gasteiger partial charge in [-0.1, -0.05) is 36.7 Å². The molecule has 0 aromatic heterocycles. The van der Waals surface area contributed by atoms with Crippen molar-refractivity contribution in [3.63, 3.8) is 0 Å². The number of halogens is 4. The van der Waals surface area contributed by atoms with Gasteiger partial charge in [0.15, 0.2) is 0 Å². The predicted molar refractivity (Wildman–Crippen MR) is 125 cm³/mol. The van der Waals surface area contributed by atoms with Crippen molar-refractivity contribution in [2.24, 2.45) is 10.5 Å². The number of carbonyl (C=O) groups is 1. The maximum absolute atomic E-state index is 12.9. The maximum atomic E-state index is 12.9. The Morgan fingerprint density at radius 3 is 2.62 bits per heavy atom. The van der Waals surface area contributed by atoms with Crippen molar-refractivity contribution in [1.82, 2.24) is 5.01 Å². The van der Waals surface area contributed by atoms with Crippen LogP contribution in [-0.4, -0.2) is 41.7 Å². The molecule has 1 amide bonds. The lowest BCUT2D eigenvalue weighted by Gasteiger charge is -2.26. The molecular weight excluding hydrogens is 459 g/mol. The van der Waals surface area contributed by atoms with Gasteiger partial charge in [-0.05, 0) is 60.7 Å². The van der Waals surface area contributed by atoms with Crippen molar-refractivity contribution in [2.45, 2.75) is 25.9 Å². The molecule has 4 nitrogen and oxygen atoms in total. The van der Waals surface area contributed by atoms with Gasteiger partial charge in [0.25, 0.3) is 0 Å². The van der Waals surface area contributed by atoms with E-state index in [0.717, 1.165) is 42.0 Å². The van der Waals surface area contributed by atoms with Crippen LogP contribution >= 0.6 is 23.4 Å². The lowest BCUT2D eigenvalue weighted by atomic mass is 9.78. The molecule has 1 aliphatic heterocycles. The van der Waals surface area contributed by atoms with Crippen LogP contribution in [0.5, 0.6) is 0 Å². The van der Waals surface area contributed by atoms with Crippen molar-refractivity contribution >= 4 is 40.7 Å². The summed E-state index contributed by atoms with van der Waals surface area (Å²) in [6.45, 7) is 2.63. The molecule has 172 valence electrons. The van der Waals surface area contributed by atoms with E-state index in [1.807, 2.05) is 24.3 Å². The summed E-state index contributed by atoms with van der Waals surface area (Å²) in [6, 6.07) is 12.1. The fourth-order valence-corrected chi connectivity index (χ4v) is 4.38. The number of carbonyl (C=O) groups excluding carboxylic acids is 1. The van der Waals surface area contributed by atoms with Gasteiger partial charge in [0.05, 0.1) is 11.3 Å². The normalized spacial score (nSPS) is 18.6. The molecule has 2 aromatic rings. The van der Waals surface area contributed by atoms with Crippen LogP contribution < -0.4 is 5.32 Å². The van der Waals surface area contributed by atoms with E-state index < -0.39 is 17.6 Å². The lowest BCUT2D eigenvalue weighted by molar-refractivity contribution is -0.137.